The van der Waals surface area contributed by atoms with Crippen LogP contribution in [0.5, 0.6) is 0 Å². The maximum Gasteiger partial charge on any atom is 0.268 e. The van der Waals surface area contributed by atoms with Crippen molar-refractivity contribution in [3.05, 3.63) is 44.8 Å². The third-order valence-electron chi connectivity index (χ3n) is 7.09. The predicted octanol–water partition coefficient (Wildman–Crippen LogP) is 5.45. The first kappa shape index (κ1) is 25.6. The molecule has 0 saturated heterocycles. The van der Waals surface area contributed by atoms with Gasteiger partial charge in [-0.1, -0.05) is 32.9 Å². The van der Waals surface area contributed by atoms with E-state index in [1.165, 1.54) is 33.6 Å². The van der Waals surface area contributed by atoms with E-state index in [0.29, 0.717) is 36.5 Å². The number of aliphatic hydroxyl groups is 1. The number of thiophene rings is 1. The lowest BCUT2D eigenvalue weighted by Gasteiger charge is -2.30. The van der Waals surface area contributed by atoms with Crippen LogP contribution in [-0.2, 0) is 36.9 Å². The smallest absolute Gasteiger partial charge is 0.268 e. The minimum Gasteiger partial charge on any atom is -0.395 e. The van der Waals surface area contributed by atoms with E-state index in [-0.39, 0.29) is 12.5 Å². The van der Waals surface area contributed by atoms with Crippen molar-refractivity contribution in [2.45, 2.75) is 79.6 Å². The quantitative estimate of drug-likeness (QED) is 0.412. The molecule has 3 aromatic rings. The second-order valence-electron chi connectivity index (χ2n) is 10.3. The Bertz CT molecular complexity index is 1210. The van der Waals surface area contributed by atoms with Crippen LogP contribution in [0.2, 0.25) is 0 Å². The molecule has 0 fully saturated rings. The number of aliphatic hydroxyl groups excluding tert-OH is 1. The van der Waals surface area contributed by atoms with E-state index in [2.05, 4.69) is 57.2 Å². The first-order chi connectivity index (χ1) is 16.8. The van der Waals surface area contributed by atoms with Crippen molar-refractivity contribution in [1.29, 1.82) is 0 Å². The molecule has 0 saturated carbocycles. The van der Waals surface area contributed by atoms with Gasteiger partial charge in [-0.2, -0.15) is 4.98 Å². The molecule has 6 nitrogen and oxygen atoms in total. The third kappa shape index (κ3) is 5.51. The van der Waals surface area contributed by atoms with Crippen LogP contribution in [0, 0.1) is 12.3 Å². The summed E-state index contributed by atoms with van der Waals surface area (Å²) < 4.78 is 5.82. The molecule has 35 heavy (non-hydrogen) atoms. The van der Waals surface area contributed by atoms with Crippen LogP contribution in [-0.4, -0.2) is 34.3 Å². The van der Waals surface area contributed by atoms with Crippen LogP contribution in [0.25, 0.3) is 22.2 Å². The van der Waals surface area contributed by atoms with Gasteiger partial charge in [-0.3, -0.25) is 4.79 Å². The number of carbonyl (C=O) groups is 1. The number of hydrogen-bond acceptors (Lipinski definition) is 6. The number of nitrogens with one attached hydrogen (secondary N) is 1. The fourth-order valence-corrected chi connectivity index (χ4v) is 6.39. The zero-order chi connectivity index (χ0) is 25.2. The van der Waals surface area contributed by atoms with Crippen LogP contribution in [0.15, 0.2) is 16.7 Å². The summed E-state index contributed by atoms with van der Waals surface area (Å²) in [5.74, 6) is 1.20. The highest BCUT2D eigenvalue weighted by molar-refractivity contribution is 7.15. The van der Waals surface area contributed by atoms with Crippen molar-refractivity contribution >= 4 is 17.2 Å². The standard InChI is InChI=1S/C28H37N3O3S/c1-6-18-15-19(14-17(3)20(18)8-9-24(33)29-12-13-32)26-30-27(34-31-26)25-21-10-11-28(4,5)16-22(21)23(7-2)35-25/h14-15,32H,6-13,16H2,1-5H3,(H,29,33). The summed E-state index contributed by atoms with van der Waals surface area (Å²) in [5, 5.41) is 16.0. The van der Waals surface area contributed by atoms with Gasteiger partial charge < -0.3 is 14.9 Å². The highest BCUT2D eigenvalue weighted by atomic mass is 32.1. The van der Waals surface area contributed by atoms with Gasteiger partial charge in [0, 0.05) is 23.4 Å². The fourth-order valence-electron chi connectivity index (χ4n) is 5.16. The average Bonchev–Trinajstić information content (AvgIpc) is 3.45. The summed E-state index contributed by atoms with van der Waals surface area (Å²) in [7, 11) is 0. The predicted molar refractivity (Wildman–Crippen MR) is 141 cm³/mol. The SMILES string of the molecule is CCc1cc(-c2noc(-c3sc(CC)c4c3CCC(C)(C)C4)n2)cc(C)c1CCC(=O)NCCO. The van der Waals surface area contributed by atoms with Crippen LogP contribution in [0.3, 0.4) is 0 Å². The van der Waals surface area contributed by atoms with Gasteiger partial charge in [0.15, 0.2) is 0 Å². The van der Waals surface area contributed by atoms with Crippen LogP contribution in [0.4, 0.5) is 0 Å². The Kier molecular flexibility index (Phi) is 7.77. The fraction of sp³-hybridized carbons (Fsp3) is 0.536. The lowest BCUT2D eigenvalue weighted by Crippen LogP contribution is -2.26. The number of rotatable bonds is 9. The molecule has 1 aliphatic carbocycles. The van der Waals surface area contributed by atoms with Crippen molar-refractivity contribution in [3.8, 4) is 22.2 Å². The topological polar surface area (TPSA) is 88.2 Å². The summed E-state index contributed by atoms with van der Waals surface area (Å²) >= 11 is 1.82. The number of carbonyl (C=O) groups excluding carboxylic acids is 1. The number of hydrogen-bond donors (Lipinski definition) is 2. The summed E-state index contributed by atoms with van der Waals surface area (Å²) in [6.45, 7) is 11.4. The Hall–Kier alpha value is -2.51. The molecule has 0 spiro atoms. The molecule has 1 aliphatic rings. The van der Waals surface area contributed by atoms with Crippen molar-refractivity contribution in [2.75, 3.05) is 13.2 Å². The van der Waals surface area contributed by atoms with Gasteiger partial charge in [0.1, 0.15) is 0 Å². The highest BCUT2D eigenvalue weighted by Crippen LogP contribution is 2.45. The molecule has 0 bridgehead atoms. The average molecular weight is 496 g/mol. The minimum atomic E-state index is -0.0433. The maximum atomic E-state index is 12.0. The van der Waals surface area contributed by atoms with Gasteiger partial charge >= 0.3 is 0 Å². The summed E-state index contributed by atoms with van der Waals surface area (Å²) in [6, 6.07) is 4.23. The molecule has 7 heteroatoms. The maximum absolute atomic E-state index is 12.0. The number of amides is 1. The molecule has 0 radical (unpaired) electrons. The molecule has 0 atom stereocenters. The summed E-state index contributed by atoms with van der Waals surface area (Å²) in [5.41, 5.74) is 7.72. The van der Waals surface area contributed by atoms with E-state index in [0.717, 1.165) is 41.7 Å². The normalized spacial score (nSPS) is 14.7. The van der Waals surface area contributed by atoms with Crippen LogP contribution in [0.1, 0.15) is 73.2 Å². The molecule has 2 N–H and O–H groups in total. The van der Waals surface area contributed by atoms with Crippen molar-refractivity contribution in [3.63, 3.8) is 0 Å². The minimum absolute atomic E-state index is 0.0403. The highest BCUT2D eigenvalue weighted by Gasteiger charge is 2.32. The Morgan fingerprint density at radius 3 is 2.74 bits per heavy atom. The van der Waals surface area contributed by atoms with Crippen molar-refractivity contribution < 1.29 is 14.4 Å². The Morgan fingerprint density at radius 1 is 1.23 bits per heavy atom. The van der Waals surface area contributed by atoms with Crippen molar-refractivity contribution in [1.82, 2.24) is 15.5 Å². The molecule has 1 amide bonds. The number of aromatic nitrogens is 2. The zero-order valence-electron chi connectivity index (χ0n) is 21.6. The van der Waals surface area contributed by atoms with E-state index in [1.807, 2.05) is 11.3 Å². The second-order valence-corrected chi connectivity index (χ2v) is 11.4. The van der Waals surface area contributed by atoms with Gasteiger partial charge in [-0.05, 0) is 90.8 Å². The molecule has 1 aromatic carbocycles. The van der Waals surface area contributed by atoms with E-state index >= 15 is 0 Å². The van der Waals surface area contributed by atoms with E-state index < -0.39 is 0 Å². The van der Waals surface area contributed by atoms with Gasteiger partial charge in [0.05, 0.1) is 11.5 Å². The zero-order valence-corrected chi connectivity index (χ0v) is 22.4. The molecule has 0 unspecified atom stereocenters. The largest absolute Gasteiger partial charge is 0.395 e. The van der Waals surface area contributed by atoms with E-state index in [9.17, 15) is 4.79 Å². The summed E-state index contributed by atoms with van der Waals surface area (Å²) in [6.07, 6.45) is 6.31. The first-order valence-electron chi connectivity index (χ1n) is 12.7. The molecule has 0 aliphatic heterocycles. The lowest BCUT2D eigenvalue weighted by molar-refractivity contribution is -0.121. The molecule has 2 aromatic heterocycles. The van der Waals surface area contributed by atoms with Crippen LogP contribution < -0.4 is 5.32 Å². The number of nitrogens with zero attached hydrogens (tertiary/aromatic N) is 2. The number of fused-ring (bicyclic) bond motifs is 1. The molecular weight excluding hydrogens is 458 g/mol. The van der Waals surface area contributed by atoms with Gasteiger partial charge in [-0.25, -0.2) is 0 Å². The monoisotopic (exact) mass is 495 g/mol. The Labute approximate surface area is 212 Å². The third-order valence-corrected chi connectivity index (χ3v) is 8.50. The molecular formula is C28H37N3O3S. The Morgan fingerprint density at radius 2 is 2.03 bits per heavy atom. The van der Waals surface area contributed by atoms with Gasteiger partial charge in [-0.15, -0.1) is 11.3 Å². The Balaban J connectivity index is 1.60. The van der Waals surface area contributed by atoms with Crippen molar-refractivity contribution in [2.24, 2.45) is 5.41 Å². The second kappa shape index (κ2) is 10.6. The molecule has 4 rings (SSSR count). The molecule has 2 heterocycles. The van der Waals surface area contributed by atoms with Crippen LogP contribution >= 0.6 is 11.3 Å². The van der Waals surface area contributed by atoms with Gasteiger partial charge in [0.25, 0.3) is 5.89 Å². The molecule has 188 valence electrons. The van der Waals surface area contributed by atoms with Gasteiger partial charge in [0.2, 0.25) is 11.7 Å². The first-order valence-corrected chi connectivity index (χ1v) is 13.6. The number of benzene rings is 1. The van der Waals surface area contributed by atoms with E-state index in [1.54, 1.807) is 0 Å². The van der Waals surface area contributed by atoms with E-state index in [4.69, 9.17) is 14.6 Å². The summed E-state index contributed by atoms with van der Waals surface area (Å²) in [4.78, 5) is 19.4. The lowest BCUT2D eigenvalue weighted by atomic mass is 9.74. The number of aryl methyl sites for hydroxylation is 3.